The van der Waals surface area contributed by atoms with Crippen LogP contribution in [0.1, 0.15) is 27.9 Å². The SMILES string of the molecule is Cc1ccc(C)c(CSc2ncc(CO)n2Cc2ccc3c(c2)OCO3)c1. The van der Waals surface area contributed by atoms with Gasteiger partial charge in [-0.05, 0) is 42.7 Å². The number of ether oxygens (including phenoxy) is 2. The molecule has 1 aromatic heterocycles. The standard InChI is InChI=1S/C21H22N2O3S/c1-14-3-4-15(2)17(7-14)12-27-21-22-9-18(11-24)23(21)10-16-5-6-19-20(8-16)26-13-25-19/h3-9,24H,10-13H2,1-2H3. The number of hydrogen-bond acceptors (Lipinski definition) is 5. The monoisotopic (exact) mass is 382 g/mol. The van der Waals surface area contributed by atoms with Gasteiger partial charge in [-0.15, -0.1) is 0 Å². The second-order valence-electron chi connectivity index (χ2n) is 6.68. The Morgan fingerprint density at radius 1 is 1.11 bits per heavy atom. The number of fused-ring (bicyclic) bond motifs is 1. The van der Waals surface area contributed by atoms with Gasteiger partial charge in [-0.25, -0.2) is 4.98 Å². The average molecular weight is 382 g/mol. The highest BCUT2D eigenvalue weighted by Gasteiger charge is 2.16. The van der Waals surface area contributed by atoms with Gasteiger partial charge in [-0.1, -0.05) is 41.6 Å². The van der Waals surface area contributed by atoms with Crippen LogP contribution in [0.2, 0.25) is 0 Å². The summed E-state index contributed by atoms with van der Waals surface area (Å²) in [7, 11) is 0. The second-order valence-corrected chi connectivity index (χ2v) is 7.63. The Kier molecular flexibility index (Phi) is 5.09. The summed E-state index contributed by atoms with van der Waals surface area (Å²) in [6.45, 7) is 5.09. The van der Waals surface area contributed by atoms with E-state index in [1.807, 2.05) is 18.2 Å². The lowest BCUT2D eigenvalue weighted by molar-refractivity contribution is 0.174. The van der Waals surface area contributed by atoms with Crippen molar-refractivity contribution in [1.29, 1.82) is 0 Å². The molecule has 0 radical (unpaired) electrons. The Labute approximate surface area is 163 Å². The number of aryl methyl sites for hydroxylation is 2. The molecule has 3 aromatic rings. The molecule has 1 aliphatic rings. The molecule has 2 aromatic carbocycles. The van der Waals surface area contributed by atoms with Crippen molar-refractivity contribution in [2.75, 3.05) is 6.79 Å². The molecule has 0 saturated carbocycles. The molecule has 4 rings (SSSR count). The summed E-state index contributed by atoms with van der Waals surface area (Å²) < 4.78 is 12.9. The summed E-state index contributed by atoms with van der Waals surface area (Å²) in [6, 6.07) is 12.4. The molecule has 27 heavy (non-hydrogen) atoms. The number of benzene rings is 2. The van der Waals surface area contributed by atoms with Gasteiger partial charge < -0.3 is 19.1 Å². The van der Waals surface area contributed by atoms with Crippen molar-refractivity contribution in [2.24, 2.45) is 0 Å². The summed E-state index contributed by atoms with van der Waals surface area (Å²) in [5.41, 5.74) is 5.74. The molecule has 1 N–H and O–H groups in total. The third kappa shape index (κ3) is 3.82. The van der Waals surface area contributed by atoms with E-state index in [2.05, 4.69) is 41.6 Å². The smallest absolute Gasteiger partial charge is 0.231 e. The molecule has 1 aliphatic heterocycles. The molecule has 2 heterocycles. The largest absolute Gasteiger partial charge is 0.454 e. The van der Waals surface area contributed by atoms with Gasteiger partial charge in [-0.2, -0.15) is 0 Å². The highest BCUT2D eigenvalue weighted by molar-refractivity contribution is 7.98. The summed E-state index contributed by atoms with van der Waals surface area (Å²) in [5, 5.41) is 10.6. The maximum Gasteiger partial charge on any atom is 0.231 e. The van der Waals surface area contributed by atoms with Crippen molar-refractivity contribution < 1.29 is 14.6 Å². The molecule has 140 valence electrons. The van der Waals surface area contributed by atoms with E-state index in [4.69, 9.17) is 9.47 Å². The molecule has 5 nitrogen and oxygen atoms in total. The van der Waals surface area contributed by atoms with Crippen molar-refractivity contribution in [1.82, 2.24) is 9.55 Å². The number of nitrogens with zero attached hydrogens (tertiary/aromatic N) is 2. The molecule has 0 spiro atoms. The number of thioether (sulfide) groups is 1. The second kappa shape index (κ2) is 7.66. The number of imidazole rings is 1. The van der Waals surface area contributed by atoms with Gasteiger partial charge in [0.2, 0.25) is 6.79 Å². The van der Waals surface area contributed by atoms with Crippen LogP contribution < -0.4 is 9.47 Å². The summed E-state index contributed by atoms with van der Waals surface area (Å²) in [5.74, 6) is 2.38. The van der Waals surface area contributed by atoms with E-state index in [1.54, 1.807) is 18.0 Å². The maximum absolute atomic E-state index is 9.72. The van der Waals surface area contributed by atoms with Gasteiger partial charge >= 0.3 is 0 Å². The third-order valence-corrected chi connectivity index (χ3v) is 5.74. The summed E-state index contributed by atoms with van der Waals surface area (Å²) in [6.07, 6.45) is 1.75. The normalized spacial score (nSPS) is 12.6. The minimum atomic E-state index is -0.0401. The first-order valence-corrected chi connectivity index (χ1v) is 9.85. The summed E-state index contributed by atoms with van der Waals surface area (Å²) in [4.78, 5) is 4.53. The van der Waals surface area contributed by atoms with E-state index in [0.717, 1.165) is 33.7 Å². The molecule has 0 fully saturated rings. The average Bonchev–Trinajstić information content (AvgIpc) is 3.29. The van der Waals surface area contributed by atoms with E-state index in [1.165, 1.54) is 16.7 Å². The quantitative estimate of drug-likeness (QED) is 0.652. The molecular formula is C21H22N2O3S. The predicted octanol–water partition coefficient (Wildman–Crippen LogP) is 4.06. The molecule has 0 saturated heterocycles. The molecule has 6 heteroatoms. The van der Waals surface area contributed by atoms with Gasteiger partial charge in [0.05, 0.1) is 25.0 Å². The molecule has 0 bridgehead atoms. The van der Waals surface area contributed by atoms with E-state index in [9.17, 15) is 5.11 Å². The first-order chi connectivity index (χ1) is 13.1. The van der Waals surface area contributed by atoms with Gasteiger partial charge in [-0.3, -0.25) is 0 Å². The number of aliphatic hydroxyl groups excluding tert-OH is 1. The fourth-order valence-corrected chi connectivity index (χ4v) is 4.18. The lowest BCUT2D eigenvalue weighted by Crippen LogP contribution is -2.06. The fraction of sp³-hybridized carbons (Fsp3) is 0.286. The number of hydrogen-bond donors (Lipinski definition) is 1. The van der Waals surface area contributed by atoms with E-state index >= 15 is 0 Å². The zero-order valence-corrected chi connectivity index (χ0v) is 16.3. The van der Waals surface area contributed by atoms with Crippen molar-refractivity contribution in [3.63, 3.8) is 0 Å². The molecule has 0 aliphatic carbocycles. The van der Waals surface area contributed by atoms with Crippen molar-refractivity contribution >= 4 is 11.8 Å². The number of aromatic nitrogens is 2. The topological polar surface area (TPSA) is 56.5 Å². The van der Waals surface area contributed by atoms with Crippen molar-refractivity contribution in [2.45, 2.75) is 37.9 Å². The van der Waals surface area contributed by atoms with Crippen LogP contribution in [0.25, 0.3) is 0 Å². The highest BCUT2D eigenvalue weighted by Crippen LogP contribution is 2.33. The highest BCUT2D eigenvalue weighted by atomic mass is 32.2. The molecule has 0 unspecified atom stereocenters. The molecular weight excluding hydrogens is 360 g/mol. The lowest BCUT2D eigenvalue weighted by atomic mass is 10.1. The Balaban J connectivity index is 1.56. The Bertz CT molecular complexity index is 968. The van der Waals surface area contributed by atoms with Crippen LogP contribution in [0.15, 0.2) is 47.8 Å². The lowest BCUT2D eigenvalue weighted by Gasteiger charge is -2.12. The first-order valence-electron chi connectivity index (χ1n) is 8.87. The van der Waals surface area contributed by atoms with Crippen molar-refractivity contribution in [3.8, 4) is 11.5 Å². The van der Waals surface area contributed by atoms with E-state index in [-0.39, 0.29) is 13.4 Å². The van der Waals surface area contributed by atoms with Gasteiger partial charge in [0.15, 0.2) is 16.7 Å². The molecule has 0 atom stereocenters. The summed E-state index contributed by atoms with van der Waals surface area (Å²) >= 11 is 1.69. The molecule has 0 amide bonds. The minimum absolute atomic E-state index is 0.0401. The van der Waals surface area contributed by atoms with Crippen molar-refractivity contribution in [3.05, 3.63) is 70.5 Å². The minimum Gasteiger partial charge on any atom is -0.454 e. The van der Waals surface area contributed by atoms with E-state index < -0.39 is 0 Å². The zero-order chi connectivity index (χ0) is 18.8. The Morgan fingerprint density at radius 2 is 1.96 bits per heavy atom. The van der Waals surface area contributed by atoms with Crippen LogP contribution >= 0.6 is 11.8 Å². The maximum atomic E-state index is 9.72. The van der Waals surface area contributed by atoms with Crippen LogP contribution in [0.5, 0.6) is 11.5 Å². The fourth-order valence-electron chi connectivity index (χ4n) is 3.12. The van der Waals surface area contributed by atoms with E-state index in [0.29, 0.717) is 6.54 Å². The van der Waals surface area contributed by atoms with Crippen LogP contribution in [-0.2, 0) is 18.9 Å². The van der Waals surface area contributed by atoms with Gasteiger partial charge in [0, 0.05) is 5.75 Å². The first kappa shape index (κ1) is 17.9. The van der Waals surface area contributed by atoms with Gasteiger partial charge in [0.25, 0.3) is 0 Å². The van der Waals surface area contributed by atoms with Crippen LogP contribution in [0, 0.1) is 13.8 Å². The zero-order valence-electron chi connectivity index (χ0n) is 15.4. The predicted molar refractivity (Wildman–Crippen MR) is 105 cm³/mol. The Hall–Kier alpha value is -2.44. The number of rotatable bonds is 6. The third-order valence-electron chi connectivity index (χ3n) is 4.70. The Morgan fingerprint density at radius 3 is 2.81 bits per heavy atom. The van der Waals surface area contributed by atoms with Crippen LogP contribution in [-0.4, -0.2) is 21.5 Å². The van der Waals surface area contributed by atoms with Crippen LogP contribution in [0.3, 0.4) is 0 Å². The van der Waals surface area contributed by atoms with Crippen LogP contribution in [0.4, 0.5) is 0 Å². The van der Waals surface area contributed by atoms with Gasteiger partial charge in [0.1, 0.15) is 0 Å². The number of aliphatic hydroxyl groups is 1.